The molecular formula is C26H33N7O3. The number of carbonyl (C=O) groups excluding carboxylic acids is 1. The van der Waals surface area contributed by atoms with Crippen molar-refractivity contribution in [1.29, 1.82) is 0 Å². The Hall–Kier alpha value is -3.24. The van der Waals surface area contributed by atoms with Crippen molar-refractivity contribution >= 4 is 28.6 Å². The minimum absolute atomic E-state index is 0.253. The minimum Gasteiger partial charge on any atom is -0.381 e. The van der Waals surface area contributed by atoms with Crippen LogP contribution in [0.3, 0.4) is 0 Å². The van der Waals surface area contributed by atoms with E-state index in [2.05, 4.69) is 20.2 Å². The van der Waals surface area contributed by atoms with E-state index in [-0.39, 0.29) is 18.2 Å². The van der Waals surface area contributed by atoms with Gasteiger partial charge in [0.15, 0.2) is 11.5 Å². The van der Waals surface area contributed by atoms with Crippen molar-refractivity contribution in [1.82, 2.24) is 25.1 Å². The molecule has 36 heavy (non-hydrogen) atoms. The maximum absolute atomic E-state index is 11.7. The fraction of sp³-hybridized carbons (Fsp3) is 0.538. The Morgan fingerprint density at radius 1 is 1.03 bits per heavy atom. The zero-order valence-electron chi connectivity index (χ0n) is 20.8. The number of hydrogen-bond donors (Lipinski definition) is 2. The molecule has 0 spiro atoms. The van der Waals surface area contributed by atoms with Crippen LogP contribution in [0, 0.1) is 0 Å². The van der Waals surface area contributed by atoms with Gasteiger partial charge in [0.05, 0.1) is 35.9 Å². The number of amides is 2. The number of nitrogens with zero attached hydrogens (tertiary/aromatic N) is 5. The quantitative estimate of drug-likeness (QED) is 0.560. The lowest BCUT2D eigenvalue weighted by Gasteiger charge is -2.33. The summed E-state index contributed by atoms with van der Waals surface area (Å²) in [4.78, 5) is 24.1. The second kappa shape index (κ2) is 9.67. The summed E-state index contributed by atoms with van der Waals surface area (Å²) in [6.07, 6.45) is 9.07. The smallest absolute Gasteiger partial charge is 0.318 e. The zero-order valence-corrected chi connectivity index (χ0v) is 20.8. The predicted molar refractivity (Wildman–Crippen MR) is 137 cm³/mol. The number of fused-ring (bicyclic) bond motifs is 3. The molecule has 2 aromatic heterocycles. The molecule has 3 aromatic rings. The van der Waals surface area contributed by atoms with Crippen LogP contribution in [0.2, 0.25) is 0 Å². The summed E-state index contributed by atoms with van der Waals surface area (Å²) in [5.41, 5.74) is 2.49. The molecule has 2 atom stereocenters. The number of rotatable bonds is 5. The molecule has 1 saturated carbocycles. The van der Waals surface area contributed by atoms with Crippen LogP contribution in [0.1, 0.15) is 44.6 Å². The van der Waals surface area contributed by atoms with E-state index in [9.17, 15) is 4.79 Å². The molecular weight excluding hydrogens is 458 g/mol. The first kappa shape index (κ1) is 23.2. The van der Waals surface area contributed by atoms with Gasteiger partial charge < -0.3 is 25.0 Å². The molecule has 2 N–H and O–H groups in total. The van der Waals surface area contributed by atoms with Gasteiger partial charge in [0.2, 0.25) is 0 Å². The van der Waals surface area contributed by atoms with E-state index >= 15 is 0 Å². The molecule has 2 saturated heterocycles. The van der Waals surface area contributed by atoms with Crippen molar-refractivity contribution in [3.8, 4) is 11.4 Å². The SMILES string of the molecule is CNC(=O)Nc1ccc(-c2nc(N3C[C@H]4CC[C@H](C3)O4)c3cnn(C4CCC(OC)CC4)c3n2)cc1. The molecule has 10 heteroatoms. The first-order valence-corrected chi connectivity index (χ1v) is 12.9. The van der Waals surface area contributed by atoms with Crippen LogP contribution in [0.15, 0.2) is 30.5 Å². The summed E-state index contributed by atoms with van der Waals surface area (Å²) in [7, 11) is 3.39. The van der Waals surface area contributed by atoms with Crippen molar-refractivity contribution in [2.45, 2.75) is 62.9 Å². The third kappa shape index (κ3) is 4.39. The lowest BCUT2D eigenvalue weighted by molar-refractivity contribution is 0.0303. The molecule has 1 aromatic carbocycles. The monoisotopic (exact) mass is 491 g/mol. The number of carbonyl (C=O) groups is 1. The number of hydrogen-bond acceptors (Lipinski definition) is 7. The van der Waals surface area contributed by atoms with E-state index in [1.807, 2.05) is 30.5 Å². The number of nitrogens with one attached hydrogen (secondary N) is 2. The molecule has 1 aliphatic carbocycles. The van der Waals surface area contributed by atoms with Crippen LogP contribution in [0.4, 0.5) is 16.3 Å². The summed E-state index contributed by atoms with van der Waals surface area (Å²) in [5, 5.41) is 11.2. The lowest BCUT2D eigenvalue weighted by atomic mass is 9.93. The number of aromatic nitrogens is 4. The molecule has 190 valence electrons. The zero-order chi connectivity index (χ0) is 24.6. The Morgan fingerprint density at radius 2 is 1.75 bits per heavy atom. The molecule has 6 rings (SSSR count). The van der Waals surface area contributed by atoms with Crippen LogP contribution in [0.25, 0.3) is 22.4 Å². The first-order chi connectivity index (χ1) is 17.6. The summed E-state index contributed by atoms with van der Waals surface area (Å²) in [5.74, 6) is 1.59. The second-order valence-electron chi connectivity index (χ2n) is 10.0. The third-order valence-corrected chi connectivity index (χ3v) is 7.73. The van der Waals surface area contributed by atoms with E-state index in [0.29, 0.717) is 23.7 Å². The van der Waals surface area contributed by atoms with E-state index in [0.717, 1.165) is 74.0 Å². The highest BCUT2D eigenvalue weighted by Crippen LogP contribution is 2.36. The van der Waals surface area contributed by atoms with Crippen LogP contribution in [-0.4, -0.2) is 71.3 Å². The standard InChI is InChI=1S/C26H33N7O3/c1-27-26(34)29-17-5-3-16(4-6-17)23-30-24(32-14-20-11-12-21(15-32)36-20)22-13-28-33(25(22)31-23)18-7-9-19(35-2)10-8-18/h3-6,13,18-21H,7-12,14-15H2,1-2H3,(H2,27,29,34)/t18?,19?,20-,21-/m1/s1. The number of ether oxygens (including phenoxy) is 2. The van der Waals surface area contributed by atoms with Crippen LogP contribution in [-0.2, 0) is 9.47 Å². The molecule has 2 amide bonds. The van der Waals surface area contributed by atoms with Gasteiger partial charge in [-0.2, -0.15) is 5.10 Å². The average molecular weight is 492 g/mol. The van der Waals surface area contributed by atoms with Gasteiger partial charge >= 0.3 is 6.03 Å². The third-order valence-electron chi connectivity index (χ3n) is 7.73. The summed E-state index contributed by atoms with van der Waals surface area (Å²) < 4.78 is 13.8. The molecule has 2 bridgehead atoms. The van der Waals surface area contributed by atoms with Gasteiger partial charge in [-0.3, -0.25) is 0 Å². The highest BCUT2D eigenvalue weighted by Gasteiger charge is 2.36. The molecule has 0 radical (unpaired) electrons. The van der Waals surface area contributed by atoms with E-state index in [1.165, 1.54) is 0 Å². The van der Waals surface area contributed by atoms with Gasteiger partial charge in [-0.1, -0.05) is 0 Å². The van der Waals surface area contributed by atoms with Gasteiger partial charge in [-0.05, 0) is 62.8 Å². The normalized spacial score (nSPS) is 25.8. The van der Waals surface area contributed by atoms with Crippen LogP contribution in [0.5, 0.6) is 0 Å². The fourth-order valence-corrected chi connectivity index (χ4v) is 5.76. The van der Waals surface area contributed by atoms with Gasteiger partial charge in [-0.15, -0.1) is 0 Å². The number of morpholine rings is 1. The first-order valence-electron chi connectivity index (χ1n) is 12.9. The van der Waals surface area contributed by atoms with Gasteiger partial charge in [0, 0.05) is 38.5 Å². The van der Waals surface area contributed by atoms with Crippen molar-refractivity contribution in [3.63, 3.8) is 0 Å². The molecule has 3 aliphatic rings. The molecule has 4 heterocycles. The van der Waals surface area contributed by atoms with Crippen molar-refractivity contribution in [2.75, 3.05) is 37.5 Å². The Labute approximate surface area is 210 Å². The van der Waals surface area contributed by atoms with Gasteiger partial charge in [0.25, 0.3) is 0 Å². The molecule has 10 nitrogen and oxygen atoms in total. The summed E-state index contributed by atoms with van der Waals surface area (Å²) >= 11 is 0. The maximum atomic E-state index is 11.7. The molecule has 3 fully saturated rings. The topological polar surface area (TPSA) is 106 Å². The maximum Gasteiger partial charge on any atom is 0.318 e. The minimum atomic E-state index is -0.253. The lowest BCUT2D eigenvalue weighted by Crippen LogP contribution is -2.43. The Bertz CT molecular complexity index is 1220. The second-order valence-corrected chi connectivity index (χ2v) is 10.0. The van der Waals surface area contributed by atoms with E-state index < -0.39 is 0 Å². The Kier molecular flexibility index (Phi) is 6.22. The van der Waals surface area contributed by atoms with Crippen molar-refractivity contribution in [2.24, 2.45) is 0 Å². The number of benzene rings is 1. The van der Waals surface area contributed by atoms with E-state index in [1.54, 1.807) is 14.2 Å². The van der Waals surface area contributed by atoms with Crippen LogP contribution >= 0.6 is 0 Å². The average Bonchev–Trinajstić information content (AvgIpc) is 3.50. The van der Waals surface area contributed by atoms with Crippen LogP contribution < -0.4 is 15.5 Å². The summed E-state index contributed by atoms with van der Waals surface area (Å²) in [6.45, 7) is 1.67. The summed E-state index contributed by atoms with van der Waals surface area (Å²) in [6, 6.07) is 7.68. The predicted octanol–water partition coefficient (Wildman–Crippen LogP) is 3.74. The fourth-order valence-electron chi connectivity index (χ4n) is 5.76. The van der Waals surface area contributed by atoms with Crippen molar-refractivity contribution in [3.05, 3.63) is 30.5 Å². The molecule has 0 unspecified atom stereocenters. The number of urea groups is 1. The molecule has 2 aliphatic heterocycles. The highest BCUT2D eigenvalue weighted by molar-refractivity contribution is 5.90. The number of methoxy groups -OCH3 is 1. The largest absolute Gasteiger partial charge is 0.381 e. The Morgan fingerprint density at radius 3 is 2.42 bits per heavy atom. The van der Waals surface area contributed by atoms with Gasteiger partial charge in [0.1, 0.15) is 5.82 Å². The van der Waals surface area contributed by atoms with Gasteiger partial charge in [-0.25, -0.2) is 19.4 Å². The Balaban J connectivity index is 1.39. The highest BCUT2D eigenvalue weighted by atomic mass is 16.5. The van der Waals surface area contributed by atoms with Crippen molar-refractivity contribution < 1.29 is 14.3 Å². The number of anilines is 2. The van der Waals surface area contributed by atoms with E-state index in [4.69, 9.17) is 24.5 Å².